The van der Waals surface area contributed by atoms with E-state index < -0.39 is 0 Å². The van der Waals surface area contributed by atoms with Crippen molar-refractivity contribution in [2.45, 2.75) is 0 Å². The summed E-state index contributed by atoms with van der Waals surface area (Å²) in [5.74, 6) is 0. The Morgan fingerprint density at radius 2 is 0.717 bits per heavy atom. The van der Waals surface area contributed by atoms with E-state index in [1.54, 1.807) is 0 Å². The number of aromatic nitrogens is 1. The van der Waals surface area contributed by atoms with Crippen molar-refractivity contribution in [1.29, 1.82) is 0 Å². The second-order valence-electron chi connectivity index (χ2n) is 13.8. The van der Waals surface area contributed by atoms with Crippen molar-refractivity contribution >= 4 is 60.4 Å². The van der Waals surface area contributed by atoms with Gasteiger partial charge in [0.2, 0.25) is 0 Å². The highest BCUT2D eigenvalue weighted by molar-refractivity contribution is 6.31. The molecule has 0 fully saturated rings. The number of hydrogen-bond acceptors (Lipinski definition) is 1. The minimum atomic E-state index is 1.12. The maximum Gasteiger partial charge on any atom is 0.0574 e. The predicted molar refractivity (Wildman–Crippen MR) is 226 cm³/mol. The smallest absolute Gasteiger partial charge is 0.0574 e. The molecule has 0 amide bonds. The third kappa shape index (κ3) is 5.27. The van der Waals surface area contributed by atoms with Crippen LogP contribution in [0, 0.1) is 0 Å². The largest absolute Gasteiger partial charge is 0.343 e. The Morgan fingerprint density at radius 1 is 0.321 bits per heavy atom. The van der Waals surface area contributed by atoms with E-state index in [1.807, 2.05) is 0 Å². The normalized spacial score (nSPS) is 11.5. The zero-order valence-corrected chi connectivity index (χ0v) is 29.4. The zero-order valence-electron chi connectivity index (χ0n) is 29.4. The Balaban J connectivity index is 0.974. The molecular formula is C51H36N2. The summed E-state index contributed by atoms with van der Waals surface area (Å²) in [6, 6.07) is 72.4. The molecule has 0 N–H and O–H groups in total. The fourth-order valence-electron chi connectivity index (χ4n) is 8.18. The number of para-hydroxylation sites is 1. The van der Waals surface area contributed by atoms with Crippen LogP contribution in [0.2, 0.25) is 0 Å². The van der Waals surface area contributed by atoms with Gasteiger partial charge in [0.25, 0.3) is 0 Å². The molecule has 0 bridgehead atoms. The molecule has 0 radical (unpaired) electrons. The van der Waals surface area contributed by atoms with Crippen LogP contribution in [0.5, 0.6) is 0 Å². The van der Waals surface area contributed by atoms with Crippen LogP contribution in [0.15, 0.2) is 200 Å². The summed E-state index contributed by atoms with van der Waals surface area (Å²) in [5.41, 5.74) is 13.1. The Labute approximate surface area is 309 Å². The molecule has 2 heteroatoms. The minimum Gasteiger partial charge on any atom is -0.343 e. The maximum atomic E-state index is 2.38. The van der Waals surface area contributed by atoms with Gasteiger partial charge >= 0.3 is 0 Å². The van der Waals surface area contributed by atoms with Crippen molar-refractivity contribution in [3.05, 3.63) is 200 Å². The van der Waals surface area contributed by atoms with Gasteiger partial charge in [-0.05, 0) is 92.0 Å². The van der Waals surface area contributed by atoms with Crippen molar-refractivity contribution in [2.24, 2.45) is 7.05 Å². The summed E-state index contributed by atoms with van der Waals surface area (Å²) in [5, 5.41) is 7.84. The van der Waals surface area contributed by atoms with E-state index in [-0.39, 0.29) is 0 Å². The quantitative estimate of drug-likeness (QED) is 0.159. The van der Waals surface area contributed by atoms with Crippen molar-refractivity contribution in [3.8, 4) is 33.4 Å². The third-order valence-corrected chi connectivity index (χ3v) is 10.8. The van der Waals surface area contributed by atoms with Crippen LogP contribution in [-0.4, -0.2) is 4.57 Å². The molecule has 2 nitrogen and oxygen atoms in total. The lowest BCUT2D eigenvalue weighted by atomic mass is 9.96. The van der Waals surface area contributed by atoms with Gasteiger partial charge in [-0.3, -0.25) is 0 Å². The Hall–Kier alpha value is -6.90. The summed E-state index contributed by atoms with van der Waals surface area (Å²) >= 11 is 0. The van der Waals surface area contributed by atoms with Gasteiger partial charge in [0.1, 0.15) is 0 Å². The van der Waals surface area contributed by atoms with E-state index in [0.717, 1.165) is 17.1 Å². The minimum absolute atomic E-state index is 1.12. The summed E-state index contributed by atoms with van der Waals surface area (Å²) in [6.45, 7) is 0. The van der Waals surface area contributed by atoms with E-state index in [2.05, 4.69) is 217 Å². The second-order valence-corrected chi connectivity index (χ2v) is 13.8. The van der Waals surface area contributed by atoms with Gasteiger partial charge in [0.15, 0.2) is 0 Å². The Kier molecular flexibility index (Phi) is 7.40. The molecule has 0 spiro atoms. The molecule has 0 saturated carbocycles. The summed E-state index contributed by atoms with van der Waals surface area (Å²) in [7, 11) is 2.21. The summed E-state index contributed by atoms with van der Waals surface area (Å²) in [6.07, 6.45) is 0. The van der Waals surface area contributed by atoms with Crippen LogP contribution >= 0.6 is 0 Å². The second kappa shape index (κ2) is 12.7. The standard InChI is InChI=1S/C51H36N2/c1-52-49-34-40(28-33-48(49)50-46-18-10-8-16-44(46)45-17-9-11-19-47(45)51(50)52)39-22-20-36(21-23-39)38-26-31-43(32-27-38)53(41-14-6-3-7-15-41)42-29-24-37(25-30-42)35-12-4-2-5-13-35/h2-34H,1H3. The van der Waals surface area contributed by atoms with Crippen LogP contribution in [0.25, 0.3) is 76.7 Å². The Morgan fingerprint density at radius 3 is 1.30 bits per heavy atom. The van der Waals surface area contributed by atoms with Crippen molar-refractivity contribution < 1.29 is 0 Å². The van der Waals surface area contributed by atoms with Gasteiger partial charge in [-0.25, -0.2) is 0 Å². The maximum absolute atomic E-state index is 2.38. The van der Waals surface area contributed by atoms with Crippen molar-refractivity contribution in [1.82, 2.24) is 4.57 Å². The molecule has 0 aliphatic rings. The lowest BCUT2D eigenvalue weighted by Crippen LogP contribution is -2.09. The molecule has 1 heterocycles. The van der Waals surface area contributed by atoms with Gasteiger partial charge in [-0.2, -0.15) is 0 Å². The van der Waals surface area contributed by atoms with E-state index in [9.17, 15) is 0 Å². The summed E-state index contributed by atoms with van der Waals surface area (Å²) < 4.78 is 2.38. The SMILES string of the molecule is Cn1c2cc(-c3ccc(-c4ccc(N(c5ccccc5)c5ccc(-c6ccccc6)cc5)cc4)cc3)ccc2c2c3ccccc3c3ccccc3c21. The number of rotatable bonds is 6. The fourth-order valence-corrected chi connectivity index (χ4v) is 8.18. The first-order valence-corrected chi connectivity index (χ1v) is 18.2. The number of fused-ring (bicyclic) bond motifs is 8. The molecule has 10 aromatic rings. The lowest BCUT2D eigenvalue weighted by Gasteiger charge is -2.26. The first-order valence-electron chi connectivity index (χ1n) is 18.2. The molecular weight excluding hydrogens is 641 g/mol. The van der Waals surface area contributed by atoms with Crippen molar-refractivity contribution in [3.63, 3.8) is 0 Å². The predicted octanol–water partition coefficient (Wildman–Crippen LogP) is 14.1. The van der Waals surface area contributed by atoms with E-state index in [0.29, 0.717) is 0 Å². The molecule has 53 heavy (non-hydrogen) atoms. The number of aryl methyl sites for hydroxylation is 1. The highest BCUT2D eigenvalue weighted by Gasteiger charge is 2.17. The van der Waals surface area contributed by atoms with Gasteiger partial charge in [-0.1, -0.05) is 158 Å². The number of nitrogens with zero attached hydrogens (tertiary/aromatic N) is 2. The van der Waals surface area contributed by atoms with Crippen LogP contribution in [0.4, 0.5) is 17.1 Å². The van der Waals surface area contributed by atoms with Crippen LogP contribution in [0.3, 0.4) is 0 Å². The first kappa shape index (κ1) is 30.9. The molecule has 0 aliphatic carbocycles. The highest BCUT2D eigenvalue weighted by atomic mass is 15.1. The first-order chi connectivity index (χ1) is 26.2. The fraction of sp³-hybridized carbons (Fsp3) is 0.0196. The van der Waals surface area contributed by atoms with E-state index >= 15 is 0 Å². The third-order valence-electron chi connectivity index (χ3n) is 10.8. The van der Waals surface area contributed by atoms with Gasteiger partial charge < -0.3 is 9.47 Å². The molecule has 9 aromatic carbocycles. The average Bonchev–Trinajstić information content (AvgIpc) is 3.54. The van der Waals surface area contributed by atoms with Crippen molar-refractivity contribution in [2.75, 3.05) is 4.90 Å². The molecule has 1 aromatic heterocycles. The Bertz CT molecular complexity index is 2900. The van der Waals surface area contributed by atoms with Gasteiger partial charge in [0, 0.05) is 45.8 Å². The molecule has 10 rings (SSSR count). The number of hydrogen-bond donors (Lipinski definition) is 0. The molecule has 250 valence electrons. The highest BCUT2D eigenvalue weighted by Crippen LogP contribution is 2.42. The molecule has 0 saturated heterocycles. The van der Waals surface area contributed by atoms with Crippen LogP contribution in [-0.2, 0) is 7.05 Å². The van der Waals surface area contributed by atoms with Gasteiger partial charge in [0.05, 0.1) is 5.52 Å². The topological polar surface area (TPSA) is 8.17 Å². The molecule has 0 atom stereocenters. The van der Waals surface area contributed by atoms with E-state index in [1.165, 1.54) is 76.7 Å². The average molecular weight is 677 g/mol. The zero-order chi connectivity index (χ0) is 35.3. The number of benzene rings is 9. The number of anilines is 3. The lowest BCUT2D eigenvalue weighted by molar-refractivity contribution is 1.02. The molecule has 0 unspecified atom stereocenters. The summed E-state index contributed by atoms with van der Waals surface area (Å²) in [4.78, 5) is 2.32. The van der Waals surface area contributed by atoms with Gasteiger partial charge in [-0.15, -0.1) is 0 Å². The van der Waals surface area contributed by atoms with E-state index in [4.69, 9.17) is 0 Å². The van der Waals surface area contributed by atoms with Crippen LogP contribution < -0.4 is 4.90 Å². The molecule has 0 aliphatic heterocycles. The monoisotopic (exact) mass is 676 g/mol. The van der Waals surface area contributed by atoms with Crippen LogP contribution in [0.1, 0.15) is 0 Å².